The van der Waals surface area contributed by atoms with Crippen LogP contribution in [0.15, 0.2) is 63.3 Å². The van der Waals surface area contributed by atoms with E-state index in [1.165, 1.54) is 0 Å². The van der Waals surface area contributed by atoms with E-state index in [4.69, 9.17) is 88.9 Å². The van der Waals surface area contributed by atoms with Crippen LogP contribution in [-0.4, -0.2) is 210 Å². The van der Waals surface area contributed by atoms with Gasteiger partial charge >= 0.3 is 5.97 Å². The predicted molar refractivity (Wildman–Crippen MR) is 225 cm³/mol. The molecule has 0 spiro atoms. The zero-order chi connectivity index (χ0) is 45.3. The van der Waals surface area contributed by atoms with Crippen LogP contribution in [0.25, 0.3) is 0 Å². The van der Waals surface area contributed by atoms with Gasteiger partial charge in [0.15, 0.2) is 0 Å². The van der Waals surface area contributed by atoms with E-state index in [-0.39, 0.29) is 99.1 Å². The van der Waals surface area contributed by atoms with Crippen molar-refractivity contribution in [2.75, 3.05) is 178 Å². The van der Waals surface area contributed by atoms with E-state index >= 15 is 0 Å². The van der Waals surface area contributed by atoms with E-state index < -0.39 is 22.0 Å². The molecule has 0 aromatic carbocycles. The van der Waals surface area contributed by atoms with Crippen LogP contribution >= 0.6 is 11.6 Å². The molecule has 0 saturated carbocycles. The zero-order valence-corrected chi connectivity index (χ0v) is 36.2. The van der Waals surface area contributed by atoms with Gasteiger partial charge in [-0.1, -0.05) is 31.4 Å². The lowest BCUT2D eigenvalue weighted by atomic mass is 9.92. The topological polar surface area (TPSA) is 226 Å². The first-order chi connectivity index (χ1) is 29.1. The van der Waals surface area contributed by atoms with Gasteiger partial charge in [0.1, 0.15) is 6.61 Å². The molecule has 0 unspecified atom stereocenters. The number of halogens is 1. The molecule has 60 heavy (non-hydrogen) atoms. The lowest BCUT2D eigenvalue weighted by molar-refractivity contribution is -0.142. The van der Waals surface area contributed by atoms with Gasteiger partial charge in [-0.15, -0.1) is 19.7 Å². The Kier molecular flexibility index (Phi) is 50.7. The maximum absolute atomic E-state index is 11.2. The summed E-state index contributed by atoms with van der Waals surface area (Å²) in [4.78, 5) is 20.7. The van der Waals surface area contributed by atoms with Crippen LogP contribution in [-0.2, 0) is 66.4 Å². The summed E-state index contributed by atoms with van der Waals surface area (Å²) < 4.78 is 65.9. The lowest BCUT2D eigenvalue weighted by Crippen LogP contribution is -2.43. The number of aliphatic hydroxyl groups is 4. The van der Waals surface area contributed by atoms with Crippen LogP contribution in [0.3, 0.4) is 0 Å². The molecule has 0 atom stereocenters. The predicted octanol–water partition coefficient (Wildman–Crippen LogP) is 1.32. The van der Waals surface area contributed by atoms with Crippen LogP contribution in [0, 0.1) is 10.8 Å². The molecule has 18 nitrogen and oxygen atoms in total. The second kappa shape index (κ2) is 49.2. The van der Waals surface area contributed by atoms with Crippen LogP contribution in [0.1, 0.15) is 0 Å². The van der Waals surface area contributed by atoms with Crippen LogP contribution in [0.5, 0.6) is 0 Å². The Bertz CT molecular complexity index is 922. The van der Waals surface area contributed by atoms with Gasteiger partial charge in [-0.3, -0.25) is 4.79 Å². The number of aliphatic hydroxyl groups excluding tert-OH is 4. The van der Waals surface area contributed by atoms with Gasteiger partial charge < -0.3 is 77.3 Å². The Morgan fingerprint density at radius 2 is 0.633 bits per heavy atom. The number of hydrogen-bond donors (Lipinski definition) is 4. The fourth-order valence-corrected chi connectivity index (χ4v) is 4.18. The first-order valence-electron chi connectivity index (χ1n) is 19.4. The number of rotatable bonds is 44. The number of hydrogen-bond acceptors (Lipinski definition) is 18. The van der Waals surface area contributed by atoms with Gasteiger partial charge in [-0.05, 0) is 17.7 Å². The number of carbonyl (C=O) groups excluding carboxylic acids is 2. The fraction of sp³-hybridized carbons (Fsp3) is 0.707. The summed E-state index contributed by atoms with van der Waals surface area (Å²) >= 11 is 4.71. The largest absolute Gasteiger partial charge is 0.460 e. The number of ether oxygens (including phenoxy) is 12. The van der Waals surface area contributed by atoms with E-state index in [9.17, 15) is 9.59 Å². The average Bonchev–Trinajstić information content (AvgIpc) is 3.25. The standard InChI is InChI=1S/C25H42O9.C13H28O8.C3H3ClO/c1-5-9-27-12-15-30-20-25(21-31-16-13-28-10-6-2,22-32-17-14-29-11-7-3)23-33-18-19-34-24(26)8-4;14-1-5-18-9-13(10-19-6-2-15,11-20-7-3-16)12-21-8-4-17;1-2-3(4)5/h5-8H,1-4,9-23H2;14-17H,1-12H2;2H,1H2. The quantitative estimate of drug-likeness (QED) is 0.0223. The van der Waals surface area contributed by atoms with Crippen molar-refractivity contribution in [1.29, 1.82) is 0 Å². The van der Waals surface area contributed by atoms with Gasteiger partial charge in [0.05, 0.1) is 183 Å². The van der Waals surface area contributed by atoms with Crippen molar-refractivity contribution in [3.05, 3.63) is 63.3 Å². The summed E-state index contributed by atoms with van der Waals surface area (Å²) in [6, 6.07) is 0. The van der Waals surface area contributed by atoms with Crippen molar-refractivity contribution in [3.63, 3.8) is 0 Å². The van der Waals surface area contributed by atoms with E-state index in [1.807, 2.05) is 0 Å². The summed E-state index contributed by atoms with van der Waals surface area (Å²) in [5.41, 5.74) is -1.23. The molecule has 0 aliphatic heterocycles. The highest BCUT2D eigenvalue weighted by atomic mass is 35.5. The Balaban J connectivity index is -0.00000106. The highest BCUT2D eigenvalue weighted by Crippen LogP contribution is 2.22. The second-order valence-corrected chi connectivity index (χ2v) is 12.7. The highest BCUT2D eigenvalue weighted by Gasteiger charge is 2.33. The Labute approximate surface area is 361 Å². The van der Waals surface area contributed by atoms with Gasteiger partial charge in [-0.25, -0.2) is 4.79 Å². The molecule has 0 bridgehead atoms. The summed E-state index contributed by atoms with van der Waals surface area (Å²) in [6.07, 6.45) is 7.20. The monoisotopic (exact) mass is 888 g/mol. The second-order valence-electron chi connectivity index (χ2n) is 12.3. The molecule has 0 aromatic heterocycles. The third-order valence-electron chi connectivity index (χ3n) is 6.83. The van der Waals surface area contributed by atoms with Gasteiger partial charge in [0.2, 0.25) is 5.24 Å². The maximum atomic E-state index is 11.2. The minimum atomic E-state index is -0.630. The average molecular weight is 889 g/mol. The number of esters is 1. The van der Waals surface area contributed by atoms with Gasteiger partial charge in [-0.2, -0.15) is 0 Å². The Morgan fingerprint density at radius 3 is 0.850 bits per heavy atom. The van der Waals surface area contributed by atoms with Gasteiger partial charge in [0.25, 0.3) is 0 Å². The molecule has 19 heteroatoms. The maximum Gasteiger partial charge on any atom is 0.330 e. The van der Waals surface area contributed by atoms with Crippen molar-refractivity contribution < 1.29 is 86.9 Å². The van der Waals surface area contributed by atoms with Crippen LogP contribution in [0.2, 0.25) is 0 Å². The SMILES string of the molecule is C=CC(=O)Cl.C=CCOCCOCC(COCCOCC=C)(COCCOCC=C)COCCOC(=O)C=C.OCCOCC(COCCO)(COCCO)COCCO. The first-order valence-corrected chi connectivity index (χ1v) is 19.8. The normalized spacial score (nSPS) is 11.1. The van der Waals surface area contributed by atoms with Crippen LogP contribution < -0.4 is 0 Å². The van der Waals surface area contributed by atoms with E-state index in [0.717, 1.165) is 12.2 Å². The molecular formula is C41H73ClO18. The van der Waals surface area contributed by atoms with E-state index in [2.05, 4.69) is 32.9 Å². The molecule has 0 fully saturated rings. The highest BCUT2D eigenvalue weighted by molar-refractivity contribution is 6.66. The summed E-state index contributed by atoms with van der Waals surface area (Å²) in [5, 5.41) is 34.6. The molecule has 0 amide bonds. The summed E-state index contributed by atoms with van der Waals surface area (Å²) in [5.74, 6) is -0.497. The zero-order valence-electron chi connectivity index (χ0n) is 35.4. The molecule has 0 heterocycles. The Hall–Kier alpha value is -2.47. The van der Waals surface area contributed by atoms with E-state index in [1.54, 1.807) is 18.2 Å². The minimum Gasteiger partial charge on any atom is -0.460 e. The first kappa shape index (κ1) is 61.8. The summed E-state index contributed by atoms with van der Waals surface area (Å²) in [7, 11) is 0. The smallest absolute Gasteiger partial charge is 0.330 e. The number of carbonyl (C=O) groups is 2. The van der Waals surface area contributed by atoms with Crippen molar-refractivity contribution >= 4 is 22.8 Å². The third-order valence-corrected chi connectivity index (χ3v) is 6.99. The van der Waals surface area contributed by atoms with Crippen molar-refractivity contribution in [1.82, 2.24) is 0 Å². The molecule has 4 N–H and O–H groups in total. The Morgan fingerprint density at radius 1 is 0.400 bits per heavy atom. The minimum absolute atomic E-state index is 0.0947. The molecular weight excluding hydrogens is 816 g/mol. The number of allylic oxidation sites excluding steroid dienone is 1. The lowest BCUT2D eigenvalue weighted by Gasteiger charge is -2.33. The molecule has 0 rings (SSSR count). The van der Waals surface area contributed by atoms with Crippen molar-refractivity contribution in [2.45, 2.75) is 0 Å². The summed E-state index contributed by atoms with van der Waals surface area (Å²) in [6.45, 7) is 24.0. The third kappa shape index (κ3) is 43.6. The molecule has 352 valence electrons. The molecule has 0 radical (unpaired) electrons. The molecule has 0 aliphatic carbocycles. The van der Waals surface area contributed by atoms with Crippen molar-refractivity contribution in [2.24, 2.45) is 10.8 Å². The van der Waals surface area contributed by atoms with E-state index in [0.29, 0.717) is 79.3 Å². The molecule has 0 aliphatic rings. The van der Waals surface area contributed by atoms with Gasteiger partial charge in [0, 0.05) is 6.08 Å². The molecule has 0 saturated heterocycles. The fourth-order valence-electron chi connectivity index (χ4n) is 4.18. The van der Waals surface area contributed by atoms with Crippen molar-refractivity contribution in [3.8, 4) is 0 Å². The van der Waals surface area contributed by atoms with Crippen LogP contribution in [0.4, 0.5) is 0 Å². The molecule has 0 aromatic rings.